The third kappa shape index (κ3) is 6.26. The maximum atomic E-state index is 12.8. The van der Waals surface area contributed by atoms with E-state index < -0.39 is 5.97 Å². The highest BCUT2D eigenvalue weighted by molar-refractivity contribution is 7.17. The molecule has 0 radical (unpaired) electrons. The van der Waals surface area contributed by atoms with Crippen molar-refractivity contribution in [3.63, 3.8) is 0 Å². The number of amides is 2. The number of nitrogens with zero attached hydrogens (tertiary/aromatic N) is 5. The number of halogens is 2. The Kier molecular flexibility index (Phi) is 8.66. The van der Waals surface area contributed by atoms with Gasteiger partial charge in [0.1, 0.15) is 27.8 Å². The second-order valence-electron chi connectivity index (χ2n) is 10.2. The molecule has 3 aromatic heterocycles. The normalized spacial score (nSPS) is 19.1. The summed E-state index contributed by atoms with van der Waals surface area (Å²) in [7, 11) is 0. The highest BCUT2D eigenvalue weighted by Gasteiger charge is 2.32. The molecule has 0 aromatic carbocycles. The number of carbonyl (C=O) groups excluding carboxylic acids is 2. The van der Waals surface area contributed by atoms with Crippen LogP contribution in [0.2, 0.25) is 10.0 Å². The highest BCUT2D eigenvalue weighted by atomic mass is 35.5. The topological polar surface area (TPSA) is 156 Å². The minimum atomic E-state index is -1.09. The summed E-state index contributed by atoms with van der Waals surface area (Å²) in [4.78, 5) is 56.9. The van der Waals surface area contributed by atoms with Crippen molar-refractivity contribution >= 4 is 63.3 Å². The zero-order valence-electron chi connectivity index (χ0n) is 22.5. The molecule has 4 N–H and O–H groups in total. The zero-order chi connectivity index (χ0) is 29.3. The van der Waals surface area contributed by atoms with E-state index in [9.17, 15) is 19.5 Å². The molecule has 2 fully saturated rings. The van der Waals surface area contributed by atoms with Crippen molar-refractivity contribution in [1.82, 2.24) is 30.2 Å². The first kappa shape index (κ1) is 29.1. The van der Waals surface area contributed by atoms with Gasteiger partial charge in [0.2, 0.25) is 5.91 Å². The van der Waals surface area contributed by atoms with Crippen molar-refractivity contribution in [1.29, 1.82) is 0 Å². The number of rotatable bonds is 9. The molecule has 0 spiro atoms. The maximum Gasteiger partial charge on any atom is 0.348 e. The van der Waals surface area contributed by atoms with Crippen molar-refractivity contribution in [2.24, 2.45) is 5.92 Å². The monoisotopic (exact) mass is 620 g/mol. The van der Waals surface area contributed by atoms with E-state index in [1.54, 1.807) is 6.92 Å². The molecule has 5 heterocycles. The number of aromatic carboxylic acids is 1. The third-order valence-electron chi connectivity index (χ3n) is 7.34. The van der Waals surface area contributed by atoms with Gasteiger partial charge in [-0.3, -0.25) is 9.59 Å². The summed E-state index contributed by atoms with van der Waals surface area (Å²) < 4.78 is 0. The molecule has 2 amide bonds. The Morgan fingerprint density at radius 3 is 2.63 bits per heavy atom. The van der Waals surface area contributed by atoms with Crippen LogP contribution in [0.15, 0.2) is 12.4 Å². The molecule has 2 aliphatic rings. The predicted octanol–water partition coefficient (Wildman–Crippen LogP) is 3.92. The fourth-order valence-corrected chi connectivity index (χ4v) is 6.43. The Morgan fingerprint density at radius 2 is 2.02 bits per heavy atom. The van der Waals surface area contributed by atoms with Crippen LogP contribution < -0.4 is 15.5 Å². The molecule has 2 aliphatic heterocycles. The molecule has 41 heavy (non-hydrogen) atoms. The number of aromatic nitrogens is 4. The number of thiazole rings is 1. The summed E-state index contributed by atoms with van der Waals surface area (Å²) in [6.07, 6.45) is 5.16. The summed E-state index contributed by atoms with van der Waals surface area (Å²) in [5.41, 5.74) is 1.49. The number of hydrogen-bond donors (Lipinski definition) is 4. The number of H-pyrrole nitrogens is 1. The summed E-state index contributed by atoms with van der Waals surface area (Å²) in [5.74, 6) is -0.654. The predicted molar refractivity (Wildman–Crippen MR) is 157 cm³/mol. The Bertz CT molecular complexity index is 1460. The van der Waals surface area contributed by atoms with Crippen LogP contribution in [0.1, 0.15) is 52.0 Å². The first-order valence-corrected chi connectivity index (χ1v) is 14.9. The van der Waals surface area contributed by atoms with Crippen LogP contribution in [0, 0.1) is 12.8 Å². The van der Waals surface area contributed by atoms with Crippen molar-refractivity contribution in [3.05, 3.63) is 38.7 Å². The minimum absolute atomic E-state index is 0.0552. The summed E-state index contributed by atoms with van der Waals surface area (Å²) in [6.45, 7) is 6.83. The minimum Gasteiger partial charge on any atom is -0.477 e. The van der Waals surface area contributed by atoms with E-state index in [1.807, 2.05) is 16.7 Å². The fourth-order valence-electron chi connectivity index (χ4n) is 5.07. The third-order valence-corrected chi connectivity index (χ3v) is 9.39. The second kappa shape index (κ2) is 12.2. The van der Waals surface area contributed by atoms with Gasteiger partial charge in [-0.2, -0.15) is 0 Å². The van der Waals surface area contributed by atoms with E-state index in [-0.39, 0.29) is 45.1 Å². The highest BCUT2D eigenvalue weighted by Crippen LogP contribution is 2.35. The molecule has 0 aliphatic carbocycles. The van der Waals surface area contributed by atoms with E-state index in [0.717, 1.165) is 24.3 Å². The largest absolute Gasteiger partial charge is 0.477 e. The number of carboxylic acids is 1. The molecular weight excluding hydrogens is 591 g/mol. The molecule has 2 saturated heterocycles. The van der Waals surface area contributed by atoms with Crippen LogP contribution in [0.4, 0.5) is 10.9 Å². The van der Waals surface area contributed by atoms with E-state index in [1.165, 1.54) is 12.4 Å². The molecule has 2 atom stereocenters. The van der Waals surface area contributed by atoms with Crippen molar-refractivity contribution in [2.75, 3.05) is 42.9 Å². The number of carboxylic acid groups (broad SMARTS) is 1. The Labute approximate surface area is 250 Å². The molecule has 1 unspecified atom stereocenters. The summed E-state index contributed by atoms with van der Waals surface area (Å²) >= 11 is 13.4. The van der Waals surface area contributed by atoms with E-state index in [2.05, 4.69) is 30.6 Å². The quantitative estimate of drug-likeness (QED) is 0.278. The van der Waals surface area contributed by atoms with Crippen LogP contribution in [-0.4, -0.2) is 86.5 Å². The molecule has 0 saturated carbocycles. The van der Waals surface area contributed by atoms with Gasteiger partial charge >= 0.3 is 5.97 Å². The van der Waals surface area contributed by atoms with Gasteiger partial charge in [0.25, 0.3) is 5.91 Å². The Morgan fingerprint density at radius 1 is 1.22 bits per heavy atom. The molecule has 5 rings (SSSR count). The van der Waals surface area contributed by atoms with Gasteiger partial charge < -0.3 is 30.5 Å². The fraction of sp³-hybridized carbons (Fsp3) is 0.462. The van der Waals surface area contributed by atoms with Crippen LogP contribution in [0.5, 0.6) is 0 Å². The number of likely N-dealkylation sites (tertiary alicyclic amines) is 1. The van der Waals surface area contributed by atoms with E-state index in [0.29, 0.717) is 66.4 Å². The van der Waals surface area contributed by atoms with Gasteiger partial charge in [-0.1, -0.05) is 41.5 Å². The lowest BCUT2D eigenvalue weighted by Gasteiger charge is -2.37. The number of carbonyl (C=O) groups is 3. The lowest BCUT2D eigenvalue weighted by Crippen LogP contribution is -2.50. The number of piperidine rings is 1. The maximum absolute atomic E-state index is 12.8. The van der Waals surface area contributed by atoms with Gasteiger partial charge in [0, 0.05) is 50.9 Å². The van der Waals surface area contributed by atoms with Crippen molar-refractivity contribution in [3.8, 4) is 11.4 Å². The molecule has 0 bridgehead atoms. The number of anilines is 2. The van der Waals surface area contributed by atoms with E-state index >= 15 is 0 Å². The number of nitrogens with one attached hydrogen (secondary N) is 3. The van der Waals surface area contributed by atoms with Gasteiger partial charge in [0.05, 0.1) is 22.4 Å². The van der Waals surface area contributed by atoms with Gasteiger partial charge in [0.15, 0.2) is 5.13 Å². The standard InChI is InChI=1S/C26H30Cl2N8O4S/c1-13-12-36(8-5-15(13)33-24(38)22-20(28)19(27)14(2)32-22)26-34-21(23(41-26)25(39)40)16-10-31-17(11-30-16)29-6-9-35-7-3-4-18(35)37/h10-11,13,15,32H,3-9,12H2,1-2H3,(H,29,31)(H,33,38)(H,39,40)/t13-,15?/m0/s1. The van der Waals surface area contributed by atoms with Crippen LogP contribution in [0.25, 0.3) is 11.4 Å². The first-order valence-electron chi connectivity index (χ1n) is 13.3. The molecule has 218 valence electrons. The number of hydrogen-bond acceptors (Lipinski definition) is 9. The average molecular weight is 622 g/mol. The van der Waals surface area contributed by atoms with Gasteiger partial charge in [-0.05, 0) is 25.7 Å². The van der Waals surface area contributed by atoms with Crippen molar-refractivity contribution < 1.29 is 19.5 Å². The SMILES string of the molecule is Cc1[nH]c(C(=O)NC2CCN(c3nc(-c4cnc(NCCN5CCCC5=O)cn4)c(C(=O)O)s3)C[C@@H]2C)c(Cl)c1Cl. The van der Waals surface area contributed by atoms with Gasteiger partial charge in [-0.25, -0.2) is 19.7 Å². The van der Waals surface area contributed by atoms with Crippen molar-refractivity contribution in [2.45, 2.75) is 39.2 Å². The van der Waals surface area contributed by atoms with E-state index in [4.69, 9.17) is 23.2 Å². The second-order valence-corrected chi connectivity index (χ2v) is 12.0. The van der Waals surface area contributed by atoms with Crippen LogP contribution >= 0.6 is 34.5 Å². The molecule has 3 aromatic rings. The van der Waals surface area contributed by atoms with Crippen LogP contribution in [0.3, 0.4) is 0 Å². The van der Waals surface area contributed by atoms with Gasteiger partial charge in [-0.15, -0.1) is 0 Å². The average Bonchev–Trinajstić information content (AvgIpc) is 3.65. The lowest BCUT2D eigenvalue weighted by atomic mass is 9.94. The summed E-state index contributed by atoms with van der Waals surface area (Å²) in [5, 5.41) is 17.2. The Balaban J connectivity index is 1.22. The lowest BCUT2D eigenvalue weighted by molar-refractivity contribution is -0.127. The molecular formula is C26H30Cl2N8O4S. The molecule has 15 heteroatoms. The summed E-state index contributed by atoms with van der Waals surface area (Å²) in [6, 6.07) is -0.106. The zero-order valence-corrected chi connectivity index (χ0v) is 24.9. The molecule has 12 nitrogen and oxygen atoms in total. The number of aryl methyl sites for hydroxylation is 1. The van der Waals surface area contributed by atoms with Crippen LogP contribution in [-0.2, 0) is 4.79 Å². The smallest absolute Gasteiger partial charge is 0.348 e. The Hall–Kier alpha value is -3.42. The first-order chi connectivity index (χ1) is 19.6. The number of aromatic amines is 1.